The molecular weight excluding hydrogens is 269 g/mol. The zero-order chi connectivity index (χ0) is 15.7. The molecule has 21 heavy (non-hydrogen) atoms. The molecule has 0 aliphatic rings. The van der Waals surface area contributed by atoms with Gasteiger partial charge in [-0.2, -0.15) is 0 Å². The van der Waals surface area contributed by atoms with E-state index in [0.29, 0.717) is 19.4 Å². The van der Waals surface area contributed by atoms with Crippen molar-refractivity contribution in [2.24, 2.45) is 11.5 Å². The first kappa shape index (κ1) is 17.6. The molecule has 0 aromatic heterocycles. The van der Waals surface area contributed by atoms with Crippen LogP contribution in [0.1, 0.15) is 24.8 Å². The van der Waals surface area contributed by atoms with Crippen LogP contribution in [0.15, 0.2) is 30.3 Å². The summed E-state index contributed by atoms with van der Waals surface area (Å²) in [4.78, 5) is 12.0. The lowest BCUT2D eigenvalue weighted by molar-refractivity contribution is -0.122. The van der Waals surface area contributed by atoms with Crippen molar-refractivity contribution in [1.82, 2.24) is 5.32 Å². The second-order valence-corrected chi connectivity index (χ2v) is 5.11. The van der Waals surface area contributed by atoms with Crippen LogP contribution in [0.2, 0.25) is 0 Å². The van der Waals surface area contributed by atoms with Gasteiger partial charge in [-0.05, 0) is 31.4 Å². The van der Waals surface area contributed by atoms with Crippen LogP contribution in [0, 0.1) is 0 Å². The number of benzene rings is 1. The van der Waals surface area contributed by atoms with Crippen LogP contribution in [0.3, 0.4) is 0 Å². The van der Waals surface area contributed by atoms with Crippen molar-refractivity contribution >= 4 is 13.0 Å². The maximum absolute atomic E-state index is 12.0. The van der Waals surface area contributed by atoms with Crippen molar-refractivity contribution in [3.05, 3.63) is 35.9 Å². The minimum Gasteiger partial charge on any atom is -0.426 e. The Kier molecular flexibility index (Phi) is 8.00. The molecule has 6 nitrogen and oxygen atoms in total. The van der Waals surface area contributed by atoms with Gasteiger partial charge in [-0.3, -0.25) is 4.79 Å². The molecular formula is C14H24BN3O3. The predicted molar refractivity (Wildman–Crippen MR) is 83.1 cm³/mol. The fraction of sp³-hybridized carbons (Fsp3) is 0.500. The molecule has 0 unspecified atom stereocenters. The average Bonchev–Trinajstić information content (AvgIpc) is 2.47. The van der Waals surface area contributed by atoms with E-state index in [-0.39, 0.29) is 5.91 Å². The summed E-state index contributed by atoms with van der Waals surface area (Å²) >= 11 is 0. The van der Waals surface area contributed by atoms with Gasteiger partial charge in [0.05, 0.1) is 12.0 Å². The quantitative estimate of drug-likeness (QED) is 0.301. The molecule has 7 heteroatoms. The third kappa shape index (κ3) is 6.72. The van der Waals surface area contributed by atoms with Gasteiger partial charge in [0.15, 0.2) is 0 Å². The van der Waals surface area contributed by atoms with Crippen LogP contribution in [0.4, 0.5) is 0 Å². The lowest BCUT2D eigenvalue weighted by Crippen LogP contribution is -2.52. The number of nitrogens with one attached hydrogen (secondary N) is 1. The molecule has 0 aliphatic heterocycles. The van der Waals surface area contributed by atoms with Crippen LogP contribution in [0.25, 0.3) is 0 Å². The molecule has 0 saturated heterocycles. The van der Waals surface area contributed by atoms with Gasteiger partial charge < -0.3 is 26.8 Å². The minimum absolute atomic E-state index is 0.333. The standard InChI is InChI=1S/C14H24BN3O3/c16-9-5-4-8-12(17)14(19)18-13(15(20)21)10-11-6-2-1-3-7-11/h1-3,6-7,12-13,20-21H,4-5,8-10,16-17H2,(H,18,19)/t12-,13-/m0/s1. The molecule has 0 spiro atoms. The van der Waals surface area contributed by atoms with Crippen molar-refractivity contribution in [1.29, 1.82) is 0 Å². The van der Waals surface area contributed by atoms with Crippen molar-refractivity contribution in [2.75, 3.05) is 6.54 Å². The Hall–Kier alpha value is -1.41. The number of hydrogen-bond donors (Lipinski definition) is 5. The van der Waals surface area contributed by atoms with Crippen molar-refractivity contribution in [3.63, 3.8) is 0 Å². The summed E-state index contributed by atoms with van der Waals surface area (Å²) in [6.45, 7) is 0.570. The van der Waals surface area contributed by atoms with E-state index in [2.05, 4.69) is 5.32 Å². The Labute approximate surface area is 125 Å². The van der Waals surface area contributed by atoms with E-state index in [1.165, 1.54) is 0 Å². The van der Waals surface area contributed by atoms with Crippen molar-refractivity contribution in [2.45, 2.75) is 37.7 Å². The molecule has 0 bridgehead atoms. The van der Waals surface area contributed by atoms with E-state index < -0.39 is 19.1 Å². The Balaban J connectivity index is 2.52. The smallest absolute Gasteiger partial charge is 0.426 e. The van der Waals surface area contributed by atoms with E-state index >= 15 is 0 Å². The summed E-state index contributed by atoms with van der Waals surface area (Å²) in [6.07, 6.45) is 2.45. The highest BCUT2D eigenvalue weighted by molar-refractivity contribution is 6.43. The van der Waals surface area contributed by atoms with Gasteiger partial charge in [-0.15, -0.1) is 0 Å². The monoisotopic (exact) mass is 293 g/mol. The Morgan fingerprint density at radius 1 is 1.24 bits per heavy atom. The van der Waals surface area contributed by atoms with Crippen LogP contribution < -0.4 is 16.8 Å². The van der Waals surface area contributed by atoms with Crippen LogP contribution in [-0.4, -0.2) is 41.6 Å². The first-order valence-corrected chi connectivity index (χ1v) is 7.20. The molecule has 0 fully saturated rings. The number of hydrogen-bond acceptors (Lipinski definition) is 5. The van der Waals surface area contributed by atoms with Gasteiger partial charge in [0, 0.05) is 0 Å². The summed E-state index contributed by atoms with van der Waals surface area (Å²) in [5.74, 6) is -1.15. The molecule has 116 valence electrons. The summed E-state index contributed by atoms with van der Waals surface area (Å²) in [5, 5.41) is 21.4. The van der Waals surface area contributed by atoms with Gasteiger partial charge >= 0.3 is 7.12 Å². The number of carbonyl (C=O) groups is 1. The fourth-order valence-corrected chi connectivity index (χ4v) is 2.03. The molecule has 1 rings (SSSR count). The van der Waals surface area contributed by atoms with Gasteiger partial charge in [0.25, 0.3) is 0 Å². The molecule has 0 radical (unpaired) electrons. The third-order valence-corrected chi connectivity index (χ3v) is 3.29. The molecule has 7 N–H and O–H groups in total. The highest BCUT2D eigenvalue weighted by Crippen LogP contribution is 2.05. The number of rotatable bonds is 9. The average molecular weight is 293 g/mol. The third-order valence-electron chi connectivity index (χ3n) is 3.29. The van der Waals surface area contributed by atoms with Crippen LogP contribution >= 0.6 is 0 Å². The Morgan fingerprint density at radius 3 is 2.48 bits per heavy atom. The maximum atomic E-state index is 12.0. The molecule has 1 aromatic rings. The summed E-state index contributed by atoms with van der Waals surface area (Å²) in [5.41, 5.74) is 12.1. The van der Waals surface area contributed by atoms with Crippen molar-refractivity contribution < 1.29 is 14.8 Å². The zero-order valence-electron chi connectivity index (χ0n) is 12.1. The highest BCUT2D eigenvalue weighted by Gasteiger charge is 2.27. The molecule has 0 saturated carbocycles. The van der Waals surface area contributed by atoms with Gasteiger partial charge in [0.1, 0.15) is 0 Å². The first-order valence-electron chi connectivity index (χ1n) is 7.20. The Bertz CT molecular complexity index is 417. The van der Waals surface area contributed by atoms with Gasteiger partial charge in [-0.1, -0.05) is 36.8 Å². The first-order chi connectivity index (χ1) is 10.0. The van der Waals surface area contributed by atoms with E-state index in [1.807, 2.05) is 30.3 Å². The zero-order valence-corrected chi connectivity index (χ0v) is 12.1. The van der Waals surface area contributed by atoms with Gasteiger partial charge in [-0.25, -0.2) is 0 Å². The lowest BCUT2D eigenvalue weighted by Gasteiger charge is -2.20. The second-order valence-electron chi connectivity index (χ2n) is 5.11. The van der Waals surface area contributed by atoms with Crippen LogP contribution in [-0.2, 0) is 11.2 Å². The number of amides is 1. The minimum atomic E-state index is -1.63. The summed E-state index contributed by atoms with van der Waals surface area (Å²) in [7, 11) is -1.63. The molecule has 1 amide bonds. The summed E-state index contributed by atoms with van der Waals surface area (Å²) in [6, 6.07) is 8.66. The molecule has 1 aromatic carbocycles. The SMILES string of the molecule is NCCCC[C@H](N)C(=O)N[C@@H](Cc1ccccc1)B(O)O. The molecule has 0 heterocycles. The number of carbonyl (C=O) groups excluding carboxylic acids is 1. The Morgan fingerprint density at radius 2 is 1.90 bits per heavy atom. The van der Waals surface area contributed by atoms with E-state index in [4.69, 9.17) is 11.5 Å². The highest BCUT2D eigenvalue weighted by atomic mass is 16.4. The fourth-order valence-electron chi connectivity index (χ4n) is 2.03. The van der Waals surface area contributed by atoms with E-state index in [0.717, 1.165) is 18.4 Å². The normalized spacial score (nSPS) is 13.5. The molecule has 0 aliphatic carbocycles. The lowest BCUT2D eigenvalue weighted by atomic mass is 9.75. The van der Waals surface area contributed by atoms with E-state index in [1.54, 1.807) is 0 Å². The topological polar surface area (TPSA) is 122 Å². The van der Waals surface area contributed by atoms with E-state index in [9.17, 15) is 14.8 Å². The predicted octanol–water partition coefficient (Wildman–Crippen LogP) is -0.818. The van der Waals surface area contributed by atoms with Crippen molar-refractivity contribution in [3.8, 4) is 0 Å². The largest absolute Gasteiger partial charge is 0.475 e. The number of nitrogens with two attached hydrogens (primary N) is 2. The van der Waals surface area contributed by atoms with Crippen LogP contribution in [0.5, 0.6) is 0 Å². The maximum Gasteiger partial charge on any atom is 0.475 e. The number of unbranched alkanes of at least 4 members (excludes halogenated alkanes) is 1. The molecule has 2 atom stereocenters. The van der Waals surface area contributed by atoms with Gasteiger partial charge in [0.2, 0.25) is 5.91 Å². The summed E-state index contributed by atoms with van der Waals surface area (Å²) < 4.78 is 0. The second kappa shape index (κ2) is 9.52.